The van der Waals surface area contributed by atoms with Crippen LogP contribution in [0.1, 0.15) is 19.8 Å². The highest BCUT2D eigenvalue weighted by Crippen LogP contribution is 2.18. The lowest BCUT2D eigenvalue weighted by Gasteiger charge is -2.37. The van der Waals surface area contributed by atoms with Gasteiger partial charge in [0.05, 0.1) is 0 Å². The molecule has 0 unspecified atom stereocenters. The van der Waals surface area contributed by atoms with E-state index in [1.54, 1.807) is 0 Å². The maximum Gasteiger partial charge on any atom is 0.0175 e. The fourth-order valence-electron chi connectivity index (χ4n) is 1.27. The second-order valence-corrected chi connectivity index (χ2v) is 3.35. The number of hydrazine groups is 1. The molecule has 3 nitrogen and oxygen atoms in total. The summed E-state index contributed by atoms with van der Waals surface area (Å²) in [5.74, 6) is 5.62. The summed E-state index contributed by atoms with van der Waals surface area (Å²) in [6, 6.07) is 0. The number of nitrogens with zero attached hydrogens (tertiary/aromatic N) is 1. The van der Waals surface area contributed by atoms with Gasteiger partial charge in [-0.05, 0) is 26.8 Å². The van der Waals surface area contributed by atoms with Gasteiger partial charge in [-0.1, -0.05) is 0 Å². The summed E-state index contributed by atoms with van der Waals surface area (Å²) < 4.78 is 0. The smallest absolute Gasteiger partial charge is 0.0175 e. The molecule has 0 bridgehead atoms. The predicted octanol–water partition coefficient (Wildman–Crippen LogP) is -0.0660. The van der Waals surface area contributed by atoms with Gasteiger partial charge < -0.3 is 5.32 Å². The Kier molecular flexibility index (Phi) is 2.28. The predicted molar refractivity (Wildman–Crippen MR) is 42.5 cm³/mol. The lowest BCUT2D eigenvalue weighted by atomic mass is 9.91. The molecule has 0 aromatic heterocycles. The topological polar surface area (TPSA) is 41.3 Å². The van der Waals surface area contributed by atoms with Crippen LogP contribution in [0, 0.1) is 0 Å². The summed E-state index contributed by atoms with van der Waals surface area (Å²) >= 11 is 0. The van der Waals surface area contributed by atoms with Gasteiger partial charge in [-0.3, -0.25) is 5.84 Å². The minimum atomic E-state index is 0.329. The largest absolute Gasteiger partial charge is 0.314 e. The fraction of sp³-hybridized carbons (Fsp3) is 1.00. The molecule has 0 radical (unpaired) electrons. The second-order valence-electron chi connectivity index (χ2n) is 3.35. The summed E-state index contributed by atoms with van der Waals surface area (Å²) in [4.78, 5) is 0. The van der Waals surface area contributed by atoms with Crippen molar-refractivity contribution >= 4 is 0 Å². The highest BCUT2D eigenvalue weighted by molar-refractivity contribution is 4.86. The zero-order valence-electron chi connectivity index (χ0n) is 6.85. The molecule has 0 saturated carbocycles. The molecule has 1 heterocycles. The zero-order valence-corrected chi connectivity index (χ0v) is 6.85. The van der Waals surface area contributed by atoms with E-state index in [1.165, 1.54) is 0 Å². The van der Waals surface area contributed by atoms with Crippen LogP contribution in [0.4, 0.5) is 0 Å². The van der Waals surface area contributed by atoms with E-state index in [2.05, 4.69) is 12.2 Å². The summed E-state index contributed by atoms with van der Waals surface area (Å²) in [6.45, 7) is 4.27. The third kappa shape index (κ3) is 1.68. The fourth-order valence-corrected chi connectivity index (χ4v) is 1.27. The summed E-state index contributed by atoms with van der Waals surface area (Å²) in [7, 11) is 2.02. The van der Waals surface area contributed by atoms with Crippen molar-refractivity contribution < 1.29 is 0 Å². The van der Waals surface area contributed by atoms with Crippen molar-refractivity contribution in [2.45, 2.75) is 25.3 Å². The third-order valence-electron chi connectivity index (χ3n) is 2.51. The Hall–Kier alpha value is -0.120. The van der Waals surface area contributed by atoms with E-state index in [0.29, 0.717) is 5.54 Å². The van der Waals surface area contributed by atoms with Crippen molar-refractivity contribution in [2.75, 3.05) is 20.1 Å². The summed E-state index contributed by atoms with van der Waals surface area (Å²) in [5, 5.41) is 5.21. The number of nitrogens with one attached hydrogen (secondary N) is 1. The number of hydrogen-bond acceptors (Lipinski definition) is 3. The molecule has 0 aromatic rings. The van der Waals surface area contributed by atoms with Crippen molar-refractivity contribution in [1.29, 1.82) is 0 Å². The lowest BCUT2D eigenvalue weighted by Crippen LogP contribution is -2.51. The second kappa shape index (κ2) is 2.86. The standard InChI is InChI=1S/C7H17N3/c1-7(9-2)3-5-10(8)6-4-7/h9H,3-6,8H2,1-2H3. The van der Waals surface area contributed by atoms with Crippen LogP contribution in [0.5, 0.6) is 0 Å². The molecule has 0 amide bonds. The SMILES string of the molecule is CNC1(C)CCN(N)CC1. The minimum absolute atomic E-state index is 0.329. The van der Waals surface area contributed by atoms with Gasteiger partial charge in [-0.2, -0.15) is 0 Å². The first-order valence-corrected chi connectivity index (χ1v) is 3.85. The first-order valence-electron chi connectivity index (χ1n) is 3.85. The van der Waals surface area contributed by atoms with Crippen molar-refractivity contribution in [2.24, 2.45) is 5.84 Å². The monoisotopic (exact) mass is 143 g/mol. The zero-order chi connectivity index (χ0) is 7.61. The molecular formula is C7H17N3. The molecule has 1 aliphatic rings. The van der Waals surface area contributed by atoms with Crippen molar-refractivity contribution in [3.63, 3.8) is 0 Å². The van der Waals surface area contributed by atoms with Crippen LogP contribution in [0.3, 0.4) is 0 Å². The van der Waals surface area contributed by atoms with Crippen LogP contribution in [-0.2, 0) is 0 Å². The average molecular weight is 143 g/mol. The van der Waals surface area contributed by atoms with Gasteiger partial charge in [0, 0.05) is 18.6 Å². The maximum absolute atomic E-state index is 5.62. The Labute approximate surface area is 62.5 Å². The van der Waals surface area contributed by atoms with Crippen LogP contribution >= 0.6 is 0 Å². The molecule has 3 heteroatoms. The minimum Gasteiger partial charge on any atom is -0.314 e. The lowest BCUT2D eigenvalue weighted by molar-refractivity contribution is 0.154. The third-order valence-corrected chi connectivity index (χ3v) is 2.51. The summed E-state index contributed by atoms with van der Waals surface area (Å²) in [5.41, 5.74) is 0.329. The van der Waals surface area contributed by atoms with E-state index >= 15 is 0 Å². The van der Waals surface area contributed by atoms with E-state index in [4.69, 9.17) is 5.84 Å². The van der Waals surface area contributed by atoms with Crippen LogP contribution in [0.15, 0.2) is 0 Å². The van der Waals surface area contributed by atoms with E-state index < -0.39 is 0 Å². The molecular weight excluding hydrogens is 126 g/mol. The molecule has 1 aliphatic heterocycles. The quantitative estimate of drug-likeness (QED) is 0.505. The Morgan fingerprint density at radius 2 is 1.90 bits per heavy atom. The molecule has 0 aliphatic carbocycles. The Balaban J connectivity index is 2.38. The van der Waals surface area contributed by atoms with E-state index in [1.807, 2.05) is 12.1 Å². The van der Waals surface area contributed by atoms with Crippen molar-refractivity contribution in [1.82, 2.24) is 10.3 Å². The molecule has 60 valence electrons. The molecule has 1 saturated heterocycles. The highest BCUT2D eigenvalue weighted by Gasteiger charge is 2.26. The Morgan fingerprint density at radius 1 is 1.40 bits per heavy atom. The van der Waals surface area contributed by atoms with Crippen LogP contribution < -0.4 is 11.2 Å². The highest BCUT2D eigenvalue weighted by atomic mass is 15.4. The molecule has 0 aromatic carbocycles. The van der Waals surface area contributed by atoms with Crippen LogP contribution in [0.25, 0.3) is 0 Å². The first-order chi connectivity index (χ1) is 4.66. The Bertz CT molecular complexity index is 105. The van der Waals surface area contributed by atoms with Gasteiger partial charge in [0.2, 0.25) is 0 Å². The van der Waals surface area contributed by atoms with Gasteiger partial charge in [-0.15, -0.1) is 0 Å². The van der Waals surface area contributed by atoms with Gasteiger partial charge in [-0.25, -0.2) is 5.01 Å². The van der Waals surface area contributed by atoms with E-state index in [0.717, 1.165) is 25.9 Å². The number of nitrogens with two attached hydrogens (primary N) is 1. The van der Waals surface area contributed by atoms with Crippen molar-refractivity contribution in [3.05, 3.63) is 0 Å². The van der Waals surface area contributed by atoms with Crippen LogP contribution in [-0.4, -0.2) is 30.7 Å². The normalized spacial score (nSPS) is 26.7. The molecule has 1 fully saturated rings. The molecule has 10 heavy (non-hydrogen) atoms. The summed E-state index contributed by atoms with van der Waals surface area (Å²) in [6.07, 6.45) is 2.31. The number of piperidine rings is 1. The first kappa shape index (κ1) is 7.98. The molecule has 3 N–H and O–H groups in total. The average Bonchev–Trinajstić information content (AvgIpc) is 1.96. The van der Waals surface area contributed by atoms with E-state index in [9.17, 15) is 0 Å². The Morgan fingerprint density at radius 3 is 2.30 bits per heavy atom. The van der Waals surface area contributed by atoms with Gasteiger partial charge in [0.1, 0.15) is 0 Å². The van der Waals surface area contributed by atoms with Crippen molar-refractivity contribution in [3.8, 4) is 0 Å². The number of rotatable bonds is 1. The van der Waals surface area contributed by atoms with E-state index in [-0.39, 0.29) is 0 Å². The molecule has 0 spiro atoms. The molecule has 0 atom stereocenters. The van der Waals surface area contributed by atoms with Gasteiger partial charge >= 0.3 is 0 Å². The maximum atomic E-state index is 5.62. The van der Waals surface area contributed by atoms with Crippen LogP contribution in [0.2, 0.25) is 0 Å². The van der Waals surface area contributed by atoms with Gasteiger partial charge in [0.15, 0.2) is 0 Å². The number of hydrogen-bond donors (Lipinski definition) is 2. The van der Waals surface area contributed by atoms with Gasteiger partial charge in [0.25, 0.3) is 0 Å². The molecule has 1 rings (SSSR count).